The third kappa shape index (κ3) is 2.39. The van der Waals surface area contributed by atoms with Gasteiger partial charge in [0.15, 0.2) is 5.69 Å². The van der Waals surface area contributed by atoms with Crippen LogP contribution in [0, 0.1) is 11.3 Å². The Morgan fingerprint density at radius 1 is 1.38 bits per heavy atom. The summed E-state index contributed by atoms with van der Waals surface area (Å²) in [7, 11) is 0. The lowest BCUT2D eigenvalue weighted by molar-refractivity contribution is -0.140. The average Bonchev–Trinajstić information content (AvgIpc) is 2.14. The molecule has 16 heavy (non-hydrogen) atoms. The SMILES string of the molecule is N#Cc1nc(Cl)cc(C(F)F)c1C(F)(F)F. The first-order chi connectivity index (χ1) is 7.27. The van der Waals surface area contributed by atoms with Gasteiger partial charge in [-0.05, 0) is 6.07 Å². The molecule has 1 heterocycles. The van der Waals surface area contributed by atoms with Crippen LogP contribution >= 0.6 is 11.6 Å². The maximum Gasteiger partial charge on any atom is 0.419 e. The molecule has 0 N–H and O–H groups in total. The van der Waals surface area contributed by atoms with Crippen LogP contribution in [-0.2, 0) is 6.18 Å². The van der Waals surface area contributed by atoms with E-state index in [0.29, 0.717) is 6.07 Å². The first-order valence-electron chi connectivity index (χ1n) is 3.73. The summed E-state index contributed by atoms with van der Waals surface area (Å²) in [6.45, 7) is 0. The molecule has 2 nitrogen and oxygen atoms in total. The zero-order valence-corrected chi connectivity index (χ0v) is 8.07. The van der Waals surface area contributed by atoms with Gasteiger partial charge >= 0.3 is 6.18 Å². The van der Waals surface area contributed by atoms with Crippen molar-refractivity contribution in [2.75, 3.05) is 0 Å². The van der Waals surface area contributed by atoms with E-state index in [2.05, 4.69) is 4.98 Å². The van der Waals surface area contributed by atoms with Gasteiger partial charge in [0, 0.05) is 5.56 Å². The van der Waals surface area contributed by atoms with Crippen molar-refractivity contribution in [3.05, 3.63) is 28.0 Å². The fraction of sp³-hybridized carbons (Fsp3) is 0.250. The minimum absolute atomic E-state index is 0.399. The van der Waals surface area contributed by atoms with Gasteiger partial charge in [-0.25, -0.2) is 13.8 Å². The Morgan fingerprint density at radius 2 is 1.94 bits per heavy atom. The van der Waals surface area contributed by atoms with Crippen molar-refractivity contribution in [2.45, 2.75) is 12.6 Å². The summed E-state index contributed by atoms with van der Waals surface area (Å²) >= 11 is 5.23. The molecule has 0 saturated heterocycles. The number of nitrogens with zero attached hydrogens (tertiary/aromatic N) is 2. The molecule has 0 fully saturated rings. The highest BCUT2D eigenvalue weighted by atomic mass is 35.5. The van der Waals surface area contributed by atoms with Crippen LogP contribution in [-0.4, -0.2) is 4.98 Å². The summed E-state index contributed by atoms with van der Waals surface area (Å²) in [6, 6.07) is 1.49. The number of alkyl halides is 5. The third-order valence-corrected chi connectivity index (χ3v) is 1.84. The number of aromatic nitrogens is 1. The van der Waals surface area contributed by atoms with Crippen molar-refractivity contribution in [3.63, 3.8) is 0 Å². The Bertz CT molecular complexity index is 449. The van der Waals surface area contributed by atoms with Gasteiger partial charge in [0.25, 0.3) is 6.43 Å². The van der Waals surface area contributed by atoms with Gasteiger partial charge in [0.1, 0.15) is 16.8 Å². The Kier molecular flexibility index (Phi) is 3.33. The second-order valence-corrected chi connectivity index (χ2v) is 3.06. The van der Waals surface area contributed by atoms with E-state index in [1.54, 1.807) is 0 Å². The van der Waals surface area contributed by atoms with E-state index in [4.69, 9.17) is 16.9 Å². The van der Waals surface area contributed by atoms with E-state index in [1.807, 2.05) is 0 Å². The van der Waals surface area contributed by atoms with Crippen molar-refractivity contribution in [3.8, 4) is 6.07 Å². The Balaban J connectivity index is 3.60. The molecule has 0 aliphatic rings. The van der Waals surface area contributed by atoms with E-state index >= 15 is 0 Å². The molecule has 86 valence electrons. The van der Waals surface area contributed by atoms with Crippen molar-refractivity contribution >= 4 is 11.6 Å². The summed E-state index contributed by atoms with van der Waals surface area (Å²) in [5.41, 5.74) is -4.24. The van der Waals surface area contributed by atoms with Gasteiger partial charge in [-0.2, -0.15) is 18.4 Å². The first-order valence-corrected chi connectivity index (χ1v) is 4.11. The van der Waals surface area contributed by atoms with Gasteiger partial charge in [-0.15, -0.1) is 0 Å². The number of hydrogen-bond donors (Lipinski definition) is 0. The molecule has 0 aliphatic heterocycles. The maximum absolute atomic E-state index is 12.4. The van der Waals surface area contributed by atoms with Crippen LogP contribution < -0.4 is 0 Å². The lowest BCUT2D eigenvalue weighted by atomic mass is 10.1. The molecule has 1 aromatic rings. The monoisotopic (exact) mass is 256 g/mol. The fourth-order valence-electron chi connectivity index (χ4n) is 1.08. The van der Waals surface area contributed by atoms with Crippen LogP contribution in [0.3, 0.4) is 0 Å². The van der Waals surface area contributed by atoms with E-state index < -0.39 is 34.6 Å². The van der Waals surface area contributed by atoms with E-state index in [9.17, 15) is 22.0 Å². The standard InChI is InChI=1S/C8H2ClF5N2/c9-5-1-3(7(10)11)6(8(12,13)14)4(2-15)16-5/h1,7H. The van der Waals surface area contributed by atoms with Gasteiger partial charge < -0.3 is 0 Å². The smallest absolute Gasteiger partial charge is 0.225 e. The van der Waals surface area contributed by atoms with Crippen molar-refractivity contribution in [1.82, 2.24) is 4.98 Å². The molecule has 0 bridgehead atoms. The lowest BCUT2D eigenvalue weighted by Crippen LogP contribution is -2.13. The zero-order valence-electron chi connectivity index (χ0n) is 7.32. The highest BCUT2D eigenvalue weighted by molar-refractivity contribution is 6.29. The quantitative estimate of drug-likeness (QED) is 0.569. The molecule has 0 unspecified atom stereocenters. The minimum atomic E-state index is -5.07. The van der Waals surface area contributed by atoms with Crippen molar-refractivity contribution < 1.29 is 22.0 Å². The second kappa shape index (κ2) is 4.22. The molecular weight excluding hydrogens is 255 g/mol. The second-order valence-electron chi connectivity index (χ2n) is 2.67. The molecule has 8 heteroatoms. The van der Waals surface area contributed by atoms with Crippen LogP contribution in [0.5, 0.6) is 0 Å². The Morgan fingerprint density at radius 3 is 2.31 bits per heavy atom. The third-order valence-electron chi connectivity index (χ3n) is 1.64. The number of pyridine rings is 1. The molecule has 0 aliphatic carbocycles. The molecule has 0 aromatic carbocycles. The summed E-state index contributed by atoms with van der Waals surface area (Å²) in [5.74, 6) is 0. The number of rotatable bonds is 1. The number of hydrogen-bond acceptors (Lipinski definition) is 2. The van der Waals surface area contributed by atoms with Gasteiger partial charge in [-0.3, -0.25) is 0 Å². The van der Waals surface area contributed by atoms with Crippen LogP contribution in [0.15, 0.2) is 6.07 Å². The van der Waals surface area contributed by atoms with Crippen LogP contribution in [0.2, 0.25) is 5.15 Å². The fourth-order valence-corrected chi connectivity index (χ4v) is 1.29. The molecular formula is C8H2ClF5N2. The highest BCUT2D eigenvalue weighted by Gasteiger charge is 2.39. The Labute approximate surface area is 91.3 Å². The van der Waals surface area contributed by atoms with Gasteiger partial charge in [0.05, 0.1) is 0 Å². The summed E-state index contributed by atoms with van der Waals surface area (Å²) in [4.78, 5) is 3.05. The number of nitriles is 1. The van der Waals surface area contributed by atoms with Crippen LogP contribution in [0.25, 0.3) is 0 Å². The maximum atomic E-state index is 12.4. The molecule has 0 spiro atoms. The van der Waals surface area contributed by atoms with Crippen LogP contribution in [0.1, 0.15) is 23.2 Å². The normalized spacial score (nSPS) is 11.6. The summed E-state index contributed by atoms with van der Waals surface area (Å²) in [6.07, 6.45) is -8.46. The molecule has 1 aromatic heterocycles. The average molecular weight is 257 g/mol. The Hall–Kier alpha value is -1.42. The minimum Gasteiger partial charge on any atom is -0.225 e. The van der Waals surface area contributed by atoms with Crippen molar-refractivity contribution in [1.29, 1.82) is 5.26 Å². The predicted molar refractivity (Wildman–Crippen MR) is 43.9 cm³/mol. The molecule has 0 radical (unpaired) electrons. The van der Waals surface area contributed by atoms with E-state index in [1.165, 1.54) is 0 Å². The van der Waals surface area contributed by atoms with Crippen molar-refractivity contribution in [2.24, 2.45) is 0 Å². The van der Waals surface area contributed by atoms with E-state index in [-0.39, 0.29) is 0 Å². The molecule has 0 saturated carbocycles. The van der Waals surface area contributed by atoms with Gasteiger partial charge in [-0.1, -0.05) is 11.6 Å². The first kappa shape index (κ1) is 12.6. The van der Waals surface area contributed by atoms with Crippen LogP contribution in [0.4, 0.5) is 22.0 Å². The topological polar surface area (TPSA) is 36.7 Å². The summed E-state index contributed by atoms with van der Waals surface area (Å²) in [5, 5.41) is 7.81. The predicted octanol–water partition coefficient (Wildman–Crippen LogP) is 3.56. The lowest BCUT2D eigenvalue weighted by Gasteiger charge is -2.13. The van der Waals surface area contributed by atoms with E-state index in [0.717, 1.165) is 6.07 Å². The molecule has 1 rings (SSSR count). The molecule has 0 atom stereocenters. The zero-order chi connectivity index (χ0) is 12.5. The number of halogens is 6. The highest BCUT2D eigenvalue weighted by Crippen LogP contribution is 2.38. The molecule has 0 amide bonds. The summed E-state index contributed by atoms with van der Waals surface area (Å²) < 4.78 is 62.0. The largest absolute Gasteiger partial charge is 0.419 e. The van der Waals surface area contributed by atoms with Gasteiger partial charge in [0.2, 0.25) is 0 Å².